The molecule has 0 bridgehead atoms. The number of hydrogen-bond donors (Lipinski definition) is 1. The molecule has 0 saturated heterocycles. The number of ether oxygens (including phenoxy) is 2. The van der Waals surface area contributed by atoms with Gasteiger partial charge in [-0.3, -0.25) is 4.98 Å². The molecule has 1 aromatic rings. The van der Waals surface area contributed by atoms with E-state index in [2.05, 4.69) is 11.9 Å². The molecule has 94 valence electrons. The molecule has 4 nitrogen and oxygen atoms in total. The summed E-state index contributed by atoms with van der Waals surface area (Å²) in [5.41, 5.74) is 5.89. The van der Waals surface area contributed by atoms with Gasteiger partial charge in [0, 0.05) is 31.3 Å². The summed E-state index contributed by atoms with van der Waals surface area (Å²) < 4.78 is 11.4. The molecule has 2 N–H and O–H groups in total. The van der Waals surface area contributed by atoms with Crippen LogP contribution >= 0.6 is 11.6 Å². The topological polar surface area (TPSA) is 57.4 Å². The van der Waals surface area contributed by atoms with Gasteiger partial charge in [-0.05, 0) is 6.42 Å². The predicted octanol–water partition coefficient (Wildman–Crippen LogP) is 2.01. The molecule has 1 aliphatic carbocycles. The summed E-state index contributed by atoms with van der Waals surface area (Å²) in [5.74, 6) is 0.666. The molecule has 3 atom stereocenters. The van der Waals surface area contributed by atoms with Crippen LogP contribution in [0, 0.1) is 0 Å². The van der Waals surface area contributed by atoms with Crippen LogP contribution in [0.25, 0.3) is 0 Å². The van der Waals surface area contributed by atoms with Crippen LogP contribution in [0.1, 0.15) is 19.8 Å². The number of halogens is 1. The van der Waals surface area contributed by atoms with Gasteiger partial charge in [0.1, 0.15) is 18.0 Å². The van der Waals surface area contributed by atoms with E-state index >= 15 is 0 Å². The van der Waals surface area contributed by atoms with Crippen LogP contribution in [-0.2, 0) is 4.74 Å². The van der Waals surface area contributed by atoms with Crippen molar-refractivity contribution in [1.29, 1.82) is 0 Å². The van der Waals surface area contributed by atoms with Gasteiger partial charge in [0.15, 0.2) is 0 Å². The molecule has 0 aliphatic heterocycles. The van der Waals surface area contributed by atoms with Gasteiger partial charge in [-0.2, -0.15) is 0 Å². The molecule has 0 aromatic carbocycles. The maximum Gasteiger partial charge on any atom is 0.139 e. The van der Waals surface area contributed by atoms with Crippen molar-refractivity contribution >= 4 is 11.6 Å². The Morgan fingerprint density at radius 1 is 1.53 bits per heavy atom. The summed E-state index contributed by atoms with van der Waals surface area (Å²) in [4.78, 5) is 3.97. The van der Waals surface area contributed by atoms with E-state index < -0.39 is 0 Å². The van der Waals surface area contributed by atoms with Gasteiger partial charge in [-0.1, -0.05) is 18.5 Å². The standard InChI is InChI=1S/C12H17ClN2O2/c1-2-3-16-12-10(14)5-11(12)17-9-4-8(13)6-15-7-9/h4,6-7,10-12H,2-3,5,14H2,1H3. The minimum atomic E-state index is -0.0195. The fourth-order valence-corrected chi connectivity index (χ4v) is 2.01. The maximum atomic E-state index is 5.89. The molecule has 5 heteroatoms. The Kier molecular flexibility index (Phi) is 4.20. The molecule has 1 aromatic heterocycles. The van der Waals surface area contributed by atoms with Crippen molar-refractivity contribution in [2.24, 2.45) is 5.73 Å². The molecule has 1 saturated carbocycles. The second-order valence-electron chi connectivity index (χ2n) is 4.23. The second kappa shape index (κ2) is 5.67. The molecular formula is C12H17ClN2O2. The molecule has 1 fully saturated rings. The van der Waals surface area contributed by atoms with Crippen LogP contribution < -0.4 is 10.5 Å². The third-order valence-electron chi connectivity index (χ3n) is 2.77. The molecular weight excluding hydrogens is 240 g/mol. The van der Waals surface area contributed by atoms with E-state index in [4.69, 9.17) is 26.8 Å². The van der Waals surface area contributed by atoms with Gasteiger partial charge >= 0.3 is 0 Å². The van der Waals surface area contributed by atoms with Crippen molar-refractivity contribution in [3.63, 3.8) is 0 Å². The van der Waals surface area contributed by atoms with Crippen molar-refractivity contribution < 1.29 is 9.47 Å². The normalized spacial score (nSPS) is 27.6. The number of pyridine rings is 1. The lowest BCUT2D eigenvalue weighted by molar-refractivity contribution is -0.0980. The average Bonchev–Trinajstić information content (AvgIpc) is 2.29. The Bertz CT molecular complexity index is 375. The highest BCUT2D eigenvalue weighted by Crippen LogP contribution is 2.28. The SMILES string of the molecule is CCCOC1C(N)CC1Oc1cncc(Cl)c1. The predicted molar refractivity (Wildman–Crippen MR) is 66.3 cm³/mol. The average molecular weight is 257 g/mol. The van der Waals surface area contributed by atoms with E-state index in [9.17, 15) is 0 Å². The first kappa shape index (κ1) is 12.6. The van der Waals surface area contributed by atoms with Crippen molar-refractivity contribution in [3.05, 3.63) is 23.5 Å². The molecule has 0 radical (unpaired) electrons. The Morgan fingerprint density at radius 3 is 3.00 bits per heavy atom. The van der Waals surface area contributed by atoms with Crippen molar-refractivity contribution in [2.75, 3.05) is 6.61 Å². The van der Waals surface area contributed by atoms with E-state index in [1.54, 1.807) is 18.5 Å². The van der Waals surface area contributed by atoms with Crippen LogP contribution in [0.4, 0.5) is 0 Å². The monoisotopic (exact) mass is 256 g/mol. The van der Waals surface area contributed by atoms with Gasteiger partial charge in [-0.15, -0.1) is 0 Å². The summed E-state index contributed by atoms with van der Waals surface area (Å²) in [5, 5.41) is 0.567. The van der Waals surface area contributed by atoms with E-state index in [1.165, 1.54) is 0 Å². The molecule has 0 spiro atoms. The number of hydrogen-bond acceptors (Lipinski definition) is 4. The van der Waals surface area contributed by atoms with Crippen LogP contribution in [0.15, 0.2) is 18.5 Å². The Labute approximate surface area is 106 Å². The lowest BCUT2D eigenvalue weighted by Gasteiger charge is -2.41. The zero-order valence-corrected chi connectivity index (χ0v) is 10.6. The highest BCUT2D eigenvalue weighted by atomic mass is 35.5. The lowest BCUT2D eigenvalue weighted by atomic mass is 9.86. The van der Waals surface area contributed by atoms with E-state index in [1.807, 2.05) is 0 Å². The second-order valence-corrected chi connectivity index (χ2v) is 4.67. The number of rotatable bonds is 5. The summed E-state index contributed by atoms with van der Waals surface area (Å²) in [6, 6.07) is 1.81. The van der Waals surface area contributed by atoms with E-state index in [0.717, 1.165) is 12.8 Å². The fraction of sp³-hybridized carbons (Fsp3) is 0.583. The third kappa shape index (κ3) is 3.09. The summed E-state index contributed by atoms with van der Waals surface area (Å²) in [6.07, 6.45) is 5.00. The van der Waals surface area contributed by atoms with E-state index in [0.29, 0.717) is 17.4 Å². The third-order valence-corrected chi connectivity index (χ3v) is 2.98. The van der Waals surface area contributed by atoms with Crippen molar-refractivity contribution in [3.8, 4) is 5.75 Å². The number of nitrogens with two attached hydrogens (primary N) is 1. The van der Waals surface area contributed by atoms with E-state index in [-0.39, 0.29) is 18.2 Å². The van der Waals surface area contributed by atoms with Crippen LogP contribution in [0.5, 0.6) is 5.75 Å². The largest absolute Gasteiger partial charge is 0.486 e. The first-order valence-corrected chi connectivity index (χ1v) is 6.23. The summed E-state index contributed by atoms with van der Waals surface area (Å²) in [7, 11) is 0. The van der Waals surface area contributed by atoms with Crippen LogP contribution in [0.2, 0.25) is 5.02 Å². The van der Waals surface area contributed by atoms with Gasteiger partial charge in [0.05, 0.1) is 11.2 Å². The number of nitrogens with zero attached hydrogens (tertiary/aromatic N) is 1. The molecule has 3 unspecified atom stereocenters. The lowest BCUT2D eigenvalue weighted by Crippen LogP contribution is -2.59. The van der Waals surface area contributed by atoms with Gasteiger partial charge in [-0.25, -0.2) is 0 Å². The Balaban J connectivity index is 1.91. The Morgan fingerprint density at radius 2 is 2.35 bits per heavy atom. The van der Waals surface area contributed by atoms with Crippen molar-refractivity contribution in [1.82, 2.24) is 4.98 Å². The van der Waals surface area contributed by atoms with Gasteiger partial charge < -0.3 is 15.2 Å². The quantitative estimate of drug-likeness (QED) is 0.876. The van der Waals surface area contributed by atoms with Gasteiger partial charge in [0.2, 0.25) is 0 Å². The highest BCUT2D eigenvalue weighted by molar-refractivity contribution is 6.30. The Hall–Kier alpha value is -0.840. The van der Waals surface area contributed by atoms with Crippen LogP contribution in [0.3, 0.4) is 0 Å². The summed E-state index contributed by atoms with van der Waals surface area (Å²) in [6.45, 7) is 2.78. The molecule has 0 amide bonds. The van der Waals surface area contributed by atoms with Crippen LogP contribution in [-0.4, -0.2) is 29.8 Å². The van der Waals surface area contributed by atoms with Gasteiger partial charge in [0.25, 0.3) is 0 Å². The smallest absolute Gasteiger partial charge is 0.139 e. The molecule has 1 heterocycles. The maximum absolute atomic E-state index is 5.89. The molecule has 17 heavy (non-hydrogen) atoms. The zero-order valence-electron chi connectivity index (χ0n) is 9.80. The van der Waals surface area contributed by atoms with Crippen molar-refractivity contribution in [2.45, 2.75) is 38.0 Å². The molecule has 1 aliphatic rings. The first-order valence-electron chi connectivity index (χ1n) is 5.85. The minimum absolute atomic E-state index is 0.0109. The fourth-order valence-electron chi connectivity index (χ4n) is 1.85. The summed E-state index contributed by atoms with van der Waals surface area (Å²) >= 11 is 5.84. The molecule has 2 rings (SSSR count). The first-order chi connectivity index (χ1) is 8.20. The highest BCUT2D eigenvalue weighted by Gasteiger charge is 2.41. The minimum Gasteiger partial charge on any atom is -0.486 e. The zero-order chi connectivity index (χ0) is 12.3. The number of aromatic nitrogens is 1.